The van der Waals surface area contributed by atoms with Crippen LogP contribution in [0.3, 0.4) is 0 Å². The lowest BCUT2D eigenvalue weighted by atomic mass is 10.2. The van der Waals surface area contributed by atoms with E-state index in [1.54, 1.807) is 0 Å². The molecule has 0 saturated carbocycles. The number of ether oxygens (including phenoxy) is 2. The minimum Gasteiger partial charge on any atom is -0.493 e. The standard InChI is InChI=1S/C18H21N3O6S/c1-21(2)28(24,25)14-7-5-13(6-8-14)20-18(23)12-4-9-15(16(10-12)26-3)27-11-17(19)22/h4-10H,11H2,1-3H3,(H2,19,22)(H,20,23). The van der Waals surface area contributed by atoms with Crippen LogP contribution in [0.4, 0.5) is 5.69 Å². The van der Waals surface area contributed by atoms with Crippen molar-refractivity contribution in [3.63, 3.8) is 0 Å². The number of nitrogens with zero attached hydrogens (tertiary/aromatic N) is 1. The predicted octanol–water partition coefficient (Wildman–Crippen LogP) is 1.06. The average Bonchev–Trinajstić information content (AvgIpc) is 2.66. The number of nitrogens with one attached hydrogen (secondary N) is 1. The van der Waals surface area contributed by atoms with Gasteiger partial charge in [-0.2, -0.15) is 0 Å². The lowest BCUT2D eigenvalue weighted by Gasteiger charge is -2.13. The molecule has 0 unspecified atom stereocenters. The summed E-state index contributed by atoms with van der Waals surface area (Å²) in [5.41, 5.74) is 5.75. The first kappa shape index (κ1) is 21.2. The minimum absolute atomic E-state index is 0.119. The van der Waals surface area contributed by atoms with Gasteiger partial charge in [0.15, 0.2) is 18.1 Å². The summed E-state index contributed by atoms with van der Waals surface area (Å²) in [4.78, 5) is 23.4. The molecule has 150 valence electrons. The van der Waals surface area contributed by atoms with E-state index in [2.05, 4.69) is 5.32 Å². The fraction of sp³-hybridized carbons (Fsp3) is 0.222. The third kappa shape index (κ3) is 4.99. The van der Waals surface area contributed by atoms with Crippen LogP contribution in [0, 0.1) is 0 Å². The Bertz CT molecular complexity index is 971. The van der Waals surface area contributed by atoms with Crippen LogP contribution >= 0.6 is 0 Å². The summed E-state index contributed by atoms with van der Waals surface area (Å²) in [6.45, 7) is -0.315. The molecule has 2 rings (SSSR count). The first-order chi connectivity index (χ1) is 13.1. The number of benzene rings is 2. The summed E-state index contributed by atoms with van der Waals surface area (Å²) in [5.74, 6) is -0.524. The number of carbonyl (C=O) groups excluding carboxylic acids is 2. The highest BCUT2D eigenvalue weighted by Gasteiger charge is 2.17. The summed E-state index contributed by atoms with van der Waals surface area (Å²) in [5, 5.41) is 2.67. The molecule has 0 aliphatic heterocycles. The maximum absolute atomic E-state index is 12.4. The molecule has 0 heterocycles. The Labute approximate surface area is 163 Å². The molecule has 0 radical (unpaired) electrons. The number of hydrogen-bond acceptors (Lipinski definition) is 6. The van der Waals surface area contributed by atoms with Crippen LogP contribution in [-0.2, 0) is 14.8 Å². The topological polar surface area (TPSA) is 128 Å². The number of sulfonamides is 1. The predicted molar refractivity (Wildman–Crippen MR) is 103 cm³/mol. The van der Waals surface area contributed by atoms with Gasteiger partial charge in [0.2, 0.25) is 10.0 Å². The first-order valence-corrected chi connectivity index (χ1v) is 9.52. The Morgan fingerprint density at radius 1 is 1.07 bits per heavy atom. The van der Waals surface area contributed by atoms with Crippen LogP contribution in [-0.4, -0.2) is 52.3 Å². The number of nitrogens with two attached hydrogens (primary N) is 1. The highest BCUT2D eigenvalue weighted by molar-refractivity contribution is 7.89. The molecule has 2 aromatic rings. The second-order valence-corrected chi connectivity index (χ2v) is 8.04. The molecule has 0 aliphatic rings. The van der Waals surface area contributed by atoms with Crippen molar-refractivity contribution < 1.29 is 27.5 Å². The van der Waals surface area contributed by atoms with Gasteiger partial charge in [-0.3, -0.25) is 9.59 Å². The van der Waals surface area contributed by atoms with Crippen molar-refractivity contribution in [3.8, 4) is 11.5 Å². The van der Waals surface area contributed by atoms with Crippen molar-refractivity contribution in [1.29, 1.82) is 0 Å². The van der Waals surface area contributed by atoms with Crippen molar-refractivity contribution in [2.45, 2.75) is 4.90 Å². The van der Waals surface area contributed by atoms with Crippen LogP contribution in [0.2, 0.25) is 0 Å². The maximum atomic E-state index is 12.4. The smallest absolute Gasteiger partial charge is 0.255 e. The van der Waals surface area contributed by atoms with E-state index in [0.717, 1.165) is 4.31 Å². The van der Waals surface area contributed by atoms with Gasteiger partial charge in [-0.15, -0.1) is 0 Å². The van der Waals surface area contributed by atoms with Gasteiger partial charge in [-0.05, 0) is 42.5 Å². The Morgan fingerprint density at radius 2 is 1.71 bits per heavy atom. The molecule has 0 spiro atoms. The van der Waals surface area contributed by atoms with Gasteiger partial charge in [-0.1, -0.05) is 0 Å². The zero-order chi connectivity index (χ0) is 20.9. The first-order valence-electron chi connectivity index (χ1n) is 8.08. The zero-order valence-corrected chi connectivity index (χ0v) is 16.4. The van der Waals surface area contributed by atoms with E-state index in [-0.39, 0.29) is 28.6 Å². The van der Waals surface area contributed by atoms with Crippen molar-refractivity contribution in [2.75, 3.05) is 33.1 Å². The van der Waals surface area contributed by atoms with Crippen LogP contribution in [0.15, 0.2) is 47.4 Å². The highest BCUT2D eigenvalue weighted by atomic mass is 32.2. The third-order valence-electron chi connectivity index (χ3n) is 3.69. The molecular weight excluding hydrogens is 386 g/mol. The van der Waals surface area contributed by atoms with E-state index in [4.69, 9.17) is 15.2 Å². The summed E-state index contributed by atoms with van der Waals surface area (Å²) in [7, 11) is 0.738. The molecule has 0 atom stereocenters. The number of carbonyl (C=O) groups is 2. The Hall–Kier alpha value is -3.11. The van der Waals surface area contributed by atoms with Crippen molar-refractivity contribution >= 4 is 27.5 Å². The van der Waals surface area contributed by atoms with Gasteiger partial charge in [0, 0.05) is 25.3 Å². The highest BCUT2D eigenvalue weighted by Crippen LogP contribution is 2.28. The van der Waals surface area contributed by atoms with Gasteiger partial charge in [0.05, 0.1) is 12.0 Å². The third-order valence-corrected chi connectivity index (χ3v) is 5.52. The Balaban J connectivity index is 2.15. The van der Waals surface area contributed by atoms with Gasteiger partial charge >= 0.3 is 0 Å². The number of methoxy groups -OCH3 is 1. The SMILES string of the molecule is COc1cc(C(=O)Nc2ccc(S(=O)(=O)N(C)C)cc2)ccc1OCC(N)=O. The second-order valence-electron chi connectivity index (χ2n) is 5.89. The Morgan fingerprint density at radius 3 is 2.25 bits per heavy atom. The number of hydrogen-bond donors (Lipinski definition) is 2. The van der Waals surface area contributed by atoms with E-state index >= 15 is 0 Å². The van der Waals surface area contributed by atoms with Crippen LogP contribution in [0.25, 0.3) is 0 Å². The molecule has 0 fully saturated rings. The summed E-state index contributed by atoms with van der Waals surface area (Å²) < 4.78 is 35.6. The number of amides is 2. The van der Waals surface area contributed by atoms with Gasteiger partial charge < -0.3 is 20.5 Å². The molecule has 0 aliphatic carbocycles. The molecule has 0 saturated heterocycles. The fourth-order valence-electron chi connectivity index (χ4n) is 2.20. The second kappa shape index (κ2) is 8.72. The number of anilines is 1. The average molecular weight is 407 g/mol. The molecule has 2 aromatic carbocycles. The van der Waals surface area contributed by atoms with Crippen LogP contribution < -0.4 is 20.5 Å². The lowest BCUT2D eigenvalue weighted by molar-refractivity contribution is -0.119. The lowest BCUT2D eigenvalue weighted by Crippen LogP contribution is -2.22. The molecule has 0 aromatic heterocycles. The van der Waals surface area contributed by atoms with E-state index < -0.39 is 21.8 Å². The zero-order valence-electron chi connectivity index (χ0n) is 15.6. The van der Waals surface area contributed by atoms with E-state index in [1.165, 1.54) is 63.7 Å². The number of primary amides is 1. The number of rotatable bonds is 8. The van der Waals surface area contributed by atoms with Crippen molar-refractivity contribution in [2.24, 2.45) is 5.73 Å². The van der Waals surface area contributed by atoms with Crippen LogP contribution in [0.5, 0.6) is 11.5 Å². The molecule has 10 heteroatoms. The van der Waals surface area contributed by atoms with Crippen molar-refractivity contribution in [3.05, 3.63) is 48.0 Å². The molecule has 3 N–H and O–H groups in total. The quantitative estimate of drug-likeness (QED) is 0.673. The summed E-state index contributed by atoms with van der Waals surface area (Å²) in [6.07, 6.45) is 0. The normalized spacial score (nSPS) is 11.1. The van der Waals surface area contributed by atoms with Gasteiger partial charge in [0.1, 0.15) is 0 Å². The van der Waals surface area contributed by atoms with Crippen molar-refractivity contribution in [1.82, 2.24) is 4.31 Å². The molecule has 0 bridgehead atoms. The fourth-order valence-corrected chi connectivity index (χ4v) is 3.10. The summed E-state index contributed by atoms with van der Waals surface area (Å²) in [6, 6.07) is 10.3. The summed E-state index contributed by atoms with van der Waals surface area (Å²) >= 11 is 0. The minimum atomic E-state index is -3.54. The Kier molecular flexibility index (Phi) is 6.60. The van der Waals surface area contributed by atoms with E-state index in [1.807, 2.05) is 0 Å². The molecule has 9 nitrogen and oxygen atoms in total. The van der Waals surface area contributed by atoms with E-state index in [0.29, 0.717) is 5.69 Å². The van der Waals surface area contributed by atoms with Gasteiger partial charge in [0.25, 0.3) is 11.8 Å². The van der Waals surface area contributed by atoms with Gasteiger partial charge in [-0.25, -0.2) is 12.7 Å². The molecular formula is C18H21N3O6S. The monoisotopic (exact) mass is 407 g/mol. The maximum Gasteiger partial charge on any atom is 0.255 e. The molecule has 2 amide bonds. The molecule has 28 heavy (non-hydrogen) atoms. The largest absolute Gasteiger partial charge is 0.493 e. The van der Waals surface area contributed by atoms with Crippen LogP contribution in [0.1, 0.15) is 10.4 Å². The van der Waals surface area contributed by atoms with E-state index in [9.17, 15) is 18.0 Å².